The molecule has 5 heteroatoms. The van der Waals surface area contributed by atoms with Crippen molar-refractivity contribution in [1.82, 2.24) is 0 Å². The van der Waals surface area contributed by atoms with Crippen LogP contribution >= 0.6 is 0 Å². The Balaban J connectivity index is 2.79. The quantitative estimate of drug-likeness (QED) is 0.0431. The van der Waals surface area contributed by atoms with Crippen LogP contribution in [0.5, 0.6) is 0 Å². The third kappa shape index (κ3) is 19.8. The molecule has 0 saturated carbocycles. The van der Waals surface area contributed by atoms with Gasteiger partial charge in [0.25, 0.3) is 0 Å². The molecule has 5 atom stereocenters. The fraction of sp³-hybridized carbons (Fsp3) is 0.900. The van der Waals surface area contributed by atoms with Gasteiger partial charge in [-0.3, -0.25) is 9.59 Å². The highest BCUT2D eigenvalue weighted by atomic mass is 16.6. The van der Waals surface area contributed by atoms with Gasteiger partial charge in [-0.1, -0.05) is 162 Å². The summed E-state index contributed by atoms with van der Waals surface area (Å²) in [6.45, 7) is 13.5. The summed E-state index contributed by atoms with van der Waals surface area (Å²) >= 11 is 0. The van der Waals surface area contributed by atoms with Crippen molar-refractivity contribution in [3.63, 3.8) is 0 Å². The maximum Gasteiger partial charge on any atom is 0.309 e. The molecule has 264 valence electrons. The first kappa shape index (κ1) is 41.7. The molecule has 0 spiro atoms. The molecule has 1 heterocycles. The summed E-state index contributed by atoms with van der Waals surface area (Å²) < 4.78 is 18.4. The number of carbonyl (C=O) groups excluding carboxylic acids is 2. The summed E-state index contributed by atoms with van der Waals surface area (Å²) in [5.41, 5.74) is 0. The largest absolute Gasteiger partial charge is 0.463 e. The predicted molar refractivity (Wildman–Crippen MR) is 189 cm³/mol. The number of rotatable bonds is 31. The lowest BCUT2D eigenvalue weighted by molar-refractivity contribution is -0.164. The second-order valence-corrected chi connectivity index (χ2v) is 13.9. The van der Waals surface area contributed by atoms with Crippen molar-refractivity contribution in [3.8, 4) is 0 Å². The molecule has 1 saturated heterocycles. The molecule has 0 aromatic carbocycles. The van der Waals surface area contributed by atoms with Crippen LogP contribution in [0.2, 0.25) is 0 Å². The fourth-order valence-corrected chi connectivity index (χ4v) is 6.72. The zero-order valence-electron chi connectivity index (χ0n) is 30.3. The molecule has 0 aromatic heterocycles. The number of ether oxygens (including phenoxy) is 3. The van der Waals surface area contributed by atoms with Crippen LogP contribution in [0.1, 0.15) is 188 Å². The van der Waals surface area contributed by atoms with E-state index < -0.39 is 12.2 Å². The van der Waals surface area contributed by atoms with Crippen LogP contribution in [0.15, 0.2) is 12.7 Å². The molecule has 0 aromatic rings. The zero-order valence-corrected chi connectivity index (χ0v) is 30.3. The highest BCUT2D eigenvalue weighted by Crippen LogP contribution is 2.30. The fourth-order valence-electron chi connectivity index (χ4n) is 6.72. The lowest BCUT2D eigenvalue weighted by Gasteiger charge is -2.26. The van der Waals surface area contributed by atoms with Crippen LogP contribution in [-0.4, -0.2) is 37.4 Å². The van der Waals surface area contributed by atoms with E-state index in [0.717, 1.165) is 57.8 Å². The molecule has 3 unspecified atom stereocenters. The molecule has 0 bridgehead atoms. The third-order valence-electron chi connectivity index (χ3n) is 9.76. The van der Waals surface area contributed by atoms with Gasteiger partial charge in [0.15, 0.2) is 0 Å². The Bertz CT molecular complexity index is 721. The van der Waals surface area contributed by atoms with Gasteiger partial charge in [0.05, 0.1) is 18.4 Å². The maximum absolute atomic E-state index is 13.6. The van der Waals surface area contributed by atoms with Gasteiger partial charge in [0.2, 0.25) is 0 Å². The first-order valence-corrected chi connectivity index (χ1v) is 19.6. The molecular formula is C40H74O5. The number of hydrogen-bond acceptors (Lipinski definition) is 5. The molecule has 1 rings (SSSR count). The van der Waals surface area contributed by atoms with Crippen LogP contribution in [0.4, 0.5) is 0 Å². The highest BCUT2D eigenvalue weighted by Gasteiger charge is 2.41. The summed E-state index contributed by atoms with van der Waals surface area (Å²) in [5, 5.41) is 0. The van der Waals surface area contributed by atoms with E-state index in [1.54, 1.807) is 0 Å². The van der Waals surface area contributed by atoms with E-state index >= 15 is 0 Å². The van der Waals surface area contributed by atoms with Crippen molar-refractivity contribution in [2.24, 2.45) is 17.8 Å². The van der Waals surface area contributed by atoms with Gasteiger partial charge in [-0.2, -0.15) is 0 Å². The third-order valence-corrected chi connectivity index (χ3v) is 9.76. The number of hydrogen-bond donors (Lipinski definition) is 0. The van der Waals surface area contributed by atoms with Crippen molar-refractivity contribution in [2.75, 3.05) is 13.2 Å². The monoisotopic (exact) mass is 635 g/mol. The van der Waals surface area contributed by atoms with Crippen LogP contribution < -0.4 is 0 Å². The minimum Gasteiger partial charge on any atom is -0.463 e. The van der Waals surface area contributed by atoms with Crippen molar-refractivity contribution in [3.05, 3.63) is 12.7 Å². The summed E-state index contributed by atoms with van der Waals surface area (Å²) in [5.74, 6) is -0.247. The first-order valence-electron chi connectivity index (χ1n) is 19.6. The van der Waals surface area contributed by atoms with Crippen LogP contribution in [-0.2, 0) is 23.8 Å². The van der Waals surface area contributed by atoms with Gasteiger partial charge in [-0.25, -0.2) is 0 Å². The van der Waals surface area contributed by atoms with Crippen molar-refractivity contribution >= 4 is 11.9 Å². The molecule has 45 heavy (non-hydrogen) atoms. The Morgan fingerprint density at radius 2 is 1.04 bits per heavy atom. The van der Waals surface area contributed by atoms with Gasteiger partial charge in [-0.05, 0) is 32.1 Å². The summed E-state index contributed by atoms with van der Waals surface area (Å²) in [7, 11) is 0. The zero-order chi connectivity index (χ0) is 33.0. The van der Waals surface area contributed by atoms with Gasteiger partial charge in [0.1, 0.15) is 18.8 Å². The normalized spacial score (nSPS) is 19.3. The van der Waals surface area contributed by atoms with Crippen LogP contribution in [0, 0.1) is 17.8 Å². The molecule has 1 aliphatic rings. The SMILES string of the molecule is C=CCC1CO[C@H](COC(=O)C(CCCCCC)CCCCCCCC)[C@H]1OC(=O)C(CCCCCC)CCCCCCCC. The molecule has 5 nitrogen and oxygen atoms in total. The Morgan fingerprint density at radius 3 is 1.49 bits per heavy atom. The van der Waals surface area contributed by atoms with E-state index in [1.165, 1.54) is 103 Å². The Labute approximate surface area is 279 Å². The number of allylic oxidation sites excluding steroid dienone is 1. The van der Waals surface area contributed by atoms with Gasteiger partial charge in [0, 0.05) is 5.92 Å². The lowest BCUT2D eigenvalue weighted by atomic mass is 9.93. The van der Waals surface area contributed by atoms with E-state index in [4.69, 9.17) is 14.2 Å². The van der Waals surface area contributed by atoms with E-state index in [-0.39, 0.29) is 36.3 Å². The molecule has 0 amide bonds. The van der Waals surface area contributed by atoms with Gasteiger partial charge in [-0.15, -0.1) is 6.58 Å². The second-order valence-electron chi connectivity index (χ2n) is 13.9. The van der Waals surface area contributed by atoms with E-state index in [0.29, 0.717) is 6.61 Å². The Kier molecular flexibility index (Phi) is 26.7. The topological polar surface area (TPSA) is 61.8 Å². The Morgan fingerprint density at radius 1 is 0.644 bits per heavy atom. The highest BCUT2D eigenvalue weighted by molar-refractivity contribution is 5.73. The van der Waals surface area contributed by atoms with Crippen LogP contribution in [0.25, 0.3) is 0 Å². The molecule has 0 radical (unpaired) electrons. The molecule has 0 aliphatic carbocycles. The van der Waals surface area contributed by atoms with E-state index in [2.05, 4.69) is 34.3 Å². The summed E-state index contributed by atoms with van der Waals surface area (Å²) in [6, 6.07) is 0. The molecule has 1 aliphatic heterocycles. The number of unbranched alkanes of at least 4 members (excludes halogenated alkanes) is 16. The minimum absolute atomic E-state index is 0.0516. The van der Waals surface area contributed by atoms with Gasteiger partial charge < -0.3 is 14.2 Å². The van der Waals surface area contributed by atoms with Gasteiger partial charge >= 0.3 is 11.9 Å². The molecule has 0 N–H and O–H groups in total. The number of esters is 2. The smallest absolute Gasteiger partial charge is 0.309 e. The predicted octanol–water partition coefficient (Wildman–Crippen LogP) is 11.7. The van der Waals surface area contributed by atoms with E-state index in [1.807, 2.05) is 6.08 Å². The first-order chi connectivity index (χ1) is 22.0. The van der Waals surface area contributed by atoms with Crippen molar-refractivity contribution in [1.29, 1.82) is 0 Å². The maximum atomic E-state index is 13.6. The number of carbonyl (C=O) groups is 2. The average molecular weight is 635 g/mol. The van der Waals surface area contributed by atoms with Crippen molar-refractivity contribution < 1.29 is 23.8 Å². The Hall–Kier alpha value is -1.36. The average Bonchev–Trinajstić information content (AvgIpc) is 3.41. The molecule has 1 fully saturated rings. The lowest BCUT2D eigenvalue weighted by Crippen LogP contribution is -2.38. The standard InChI is InChI=1S/C40H74O5/c1-6-11-15-19-21-25-29-34(28-23-17-13-8-3)39(41)44-33-37-38(36(27-10-5)32-43-37)45-40(42)35(30-24-18-14-9-4)31-26-22-20-16-12-7-2/h10,34-38H,5-9,11-33H2,1-4H3/t34?,35?,36?,37-,38+/m1/s1. The van der Waals surface area contributed by atoms with Crippen molar-refractivity contribution in [2.45, 2.75) is 200 Å². The van der Waals surface area contributed by atoms with Crippen LogP contribution in [0.3, 0.4) is 0 Å². The molecular weight excluding hydrogens is 560 g/mol. The van der Waals surface area contributed by atoms with E-state index in [9.17, 15) is 9.59 Å². The summed E-state index contributed by atoms with van der Waals surface area (Å²) in [6.07, 6.45) is 29.3. The second kappa shape index (κ2) is 28.8. The summed E-state index contributed by atoms with van der Waals surface area (Å²) in [4.78, 5) is 27.0. The minimum atomic E-state index is -0.410.